The number of carboxylic acids is 2. The number of hydrogen-bond donors (Lipinski definition) is 3. The van der Waals surface area contributed by atoms with Gasteiger partial charge in [0.25, 0.3) is 5.91 Å². The van der Waals surface area contributed by atoms with Gasteiger partial charge in [-0.15, -0.1) is 0 Å². The van der Waals surface area contributed by atoms with E-state index in [4.69, 9.17) is 10.2 Å². The SMILES string of the molecule is CC(C)[C@@H](NC(=O)c1c(C(=O)O)cnn1C)C(=O)O. The number of carbonyl (C=O) groups is 3. The molecule has 1 rings (SSSR count). The first-order valence-corrected chi connectivity index (χ1v) is 5.54. The first-order valence-electron chi connectivity index (χ1n) is 5.54. The number of carbonyl (C=O) groups excluding carboxylic acids is 1. The third-order valence-electron chi connectivity index (χ3n) is 2.60. The summed E-state index contributed by atoms with van der Waals surface area (Å²) in [6, 6.07) is -1.09. The van der Waals surface area contributed by atoms with Crippen molar-refractivity contribution in [3.8, 4) is 0 Å². The first kappa shape index (κ1) is 14.7. The van der Waals surface area contributed by atoms with E-state index in [-0.39, 0.29) is 17.2 Å². The molecule has 1 atom stereocenters. The topological polar surface area (TPSA) is 122 Å². The van der Waals surface area contributed by atoms with Gasteiger partial charge in [-0.05, 0) is 5.92 Å². The van der Waals surface area contributed by atoms with Crippen LogP contribution in [0.5, 0.6) is 0 Å². The van der Waals surface area contributed by atoms with E-state index in [9.17, 15) is 14.4 Å². The Labute approximate surface area is 109 Å². The van der Waals surface area contributed by atoms with Crippen molar-refractivity contribution in [1.82, 2.24) is 15.1 Å². The van der Waals surface area contributed by atoms with Crippen LogP contribution in [-0.2, 0) is 11.8 Å². The molecule has 0 aliphatic carbocycles. The molecule has 0 aliphatic heterocycles. The molecule has 0 bridgehead atoms. The fraction of sp³-hybridized carbons (Fsp3) is 0.455. The lowest BCUT2D eigenvalue weighted by Crippen LogP contribution is -2.45. The van der Waals surface area contributed by atoms with Gasteiger partial charge >= 0.3 is 11.9 Å². The van der Waals surface area contributed by atoms with Crippen molar-refractivity contribution in [3.05, 3.63) is 17.5 Å². The van der Waals surface area contributed by atoms with Crippen LogP contribution in [0.15, 0.2) is 6.20 Å². The standard InChI is InChI=1S/C11H15N3O5/c1-5(2)7(11(18)19)13-9(15)8-6(10(16)17)4-12-14(8)3/h4-5,7H,1-3H3,(H,13,15)(H,16,17)(H,18,19)/t7-/m1/s1. The van der Waals surface area contributed by atoms with Crippen LogP contribution in [0.25, 0.3) is 0 Å². The van der Waals surface area contributed by atoms with Crippen LogP contribution in [0, 0.1) is 5.92 Å². The highest BCUT2D eigenvalue weighted by molar-refractivity contribution is 6.04. The van der Waals surface area contributed by atoms with Gasteiger partial charge in [0.2, 0.25) is 0 Å². The second-order valence-electron chi connectivity index (χ2n) is 4.37. The molecule has 0 radical (unpaired) electrons. The van der Waals surface area contributed by atoms with E-state index in [1.165, 1.54) is 7.05 Å². The van der Waals surface area contributed by atoms with E-state index in [2.05, 4.69) is 10.4 Å². The predicted molar refractivity (Wildman–Crippen MR) is 63.9 cm³/mol. The number of aryl methyl sites for hydroxylation is 1. The minimum Gasteiger partial charge on any atom is -0.480 e. The molecule has 104 valence electrons. The summed E-state index contributed by atoms with van der Waals surface area (Å²) in [6.07, 6.45) is 1.04. The summed E-state index contributed by atoms with van der Waals surface area (Å²) in [5.74, 6) is -3.58. The molecule has 1 aromatic heterocycles. The lowest BCUT2D eigenvalue weighted by Gasteiger charge is -2.18. The van der Waals surface area contributed by atoms with Gasteiger partial charge in [-0.25, -0.2) is 9.59 Å². The summed E-state index contributed by atoms with van der Waals surface area (Å²) >= 11 is 0. The minimum absolute atomic E-state index is 0.181. The van der Waals surface area contributed by atoms with Gasteiger partial charge in [0.15, 0.2) is 0 Å². The molecule has 0 saturated carbocycles. The van der Waals surface area contributed by atoms with E-state index < -0.39 is 23.9 Å². The van der Waals surface area contributed by atoms with Crippen molar-refractivity contribution in [2.45, 2.75) is 19.9 Å². The Morgan fingerprint density at radius 2 is 1.89 bits per heavy atom. The molecule has 0 spiro atoms. The Kier molecular flexibility index (Phi) is 4.26. The van der Waals surface area contributed by atoms with E-state index in [1.54, 1.807) is 13.8 Å². The molecule has 19 heavy (non-hydrogen) atoms. The molecule has 1 amide bonds. The number of hydrogen-bond acceptors (Lipinski definition) is 4. The average molecular weight is 269 g/mol. The van der Waals surface area contributed by atoms with E-state index in [0.29, 0.717) is 0 Å². The number of nitrogens with zero attached hydrogens (tertiary/aromatic N) is 2. The molecule has 1 aromatic rings. The molecular weight excluding hydrogens is 254 g/mol. The van der Waals surface area contributed by atoms with Gasteiger partial charge in [0.05, 0.1) is 6.20 Å². The quantitative estimate of drug-likeness (QED) is 0.689. The zero-order valence-electron chi connectivity index (χ0n) is 10.7. The van der Waals surface area contributed by atoms with Crippen molar-refractivity contribution in [1.29, 1.82) is 0 Å². The first-order chi connectivity index (χ1) is 8.75. The molecule has 0 saturated heterocycles. The lowest BCUT2D eigenvalue weighted by molar-refractivity contribution is -0.140. The Bertz CT molecular complexity index is 520. The highest BCUT2D eigenvalue weighted by Gasteiger charge is 2.28. The van der Waals surface area contributed by atoms with Gasteiger partial charge in [0.1, 0.15) is 17.3 Å². The Morgan fingerprint density at radius 1 is 1.32 bits per heavy atom. The Balaban J connectivity index is 3.04. The van der Waals surface area contributed by atoms with Crippen molar-refractivity contribution >= 4 is 17.8 Å². The number of rotatable bonds is 5. The summed E-state index contributed by atoms with van der Waals surface area (Å²) in [7, 11) is 1.41. The maximum absolute atomic E-state index is 12.0. The molecule has 0 unspecified atom stereocenters. The van der Waals surface area contributed by atoms with Crippen LogP contribution < -0.4 is 5.32 Å². The number of aromatic carboxylic acids is 1. The van der Waals surface area contributed by atoms with Crippen molar-refractivity contribution in [2.24, 2.45) is 13.0 Å². The smallest absolute Gasteiger partial charge is 0.339 e. The summed E-state index contributed by atoms with van der Waals surface area (Å²) in [5, 5.41) is 23.9. The van der Waals surface area contributed by atoms with Gasteiger partial charge in [-0.1, -0.05) is 13.8 Å². The third kappa shape index (κ3) is 3.09. The van der Waals surface area contributed by atoms with E-state index in [0.717, 1.165) is 10.9 Å². The van der Waals surface area contributed by atoms with Crippen molar-refractivity contribution < 1.29 is 24.6 Å². The molecular formula is C11H15N3O5. The highest BCUT2D eigenvalue weighted by Crippen LogP contribution is 2.09. The van der Waals surface area contributed by atoms with Gasteiger partial charge < -0.3 is 15.5 Å². The molecule has 8 nitrogen and oxygen atoms in total. The maximum atomic E-state index is 12.0. The highest BCUT2D eigenvalue weighted by atomic mass is 16.4. The summed E-state index contributed by atoms with van der Waals surface area (Å²) in [4.78, 5) is 33.9. The van der Waals surface area contributed by atoms with Gasteiger partial charge in [0, 0.05) is 7.05 Å². The number of amides is 1. The van der Waals surface area contributed by atoms with Crippen LogP contribution in [0.1, 0.15) is 34.7 Å². The molecule has 1 heterocycles. The van der Waals surface area contributed by atoms with Crippen molar-refractivity contribution in [2.75, 3.05) is 0 Å². The summed E-state index contributed by atoms with van der Waals surface area (Å²) < 4.78 is 1.10. The van der Waals surface area contributed by atoms with E-state index in [1.807, 2.05) is 0 Å². The number of aliphatic carboxylic acids is 1. The van der Waals surface area contributed by atoms with E-state index >= 15 is 0 Å². The Morgan fingerprint density at radius 3 is 2.32 bits per heavy atom. The van der Waals surface area contributed by atoms with Gasteiger partial charge in [-0.2, -0.15) is 5.10 Å². The fourth-order valence-electron chi connectivity index (χ4n) is 1.59. The number of nitrogens with one attached hydrogen (secondary N) is 1. The second-order valence-corrected chi connectivity index (χ2v) is 4.37. The molecule has 0 aliphatic rings. The normalized spacial score (nSPS) is 12.2. The summed E-state index contributed by atoms with van der Waals surface area (Å²) in [6.45, 7) is 3.28. The molecule has 3 N–H and O–H groups in total. The predicted octanol–water partition coefficient (Wildman–Crippen LogP) is -0.0427. The summed E-state index contributed by atoms with van der Waals surface area (Å²) in [5.41, 5.74) is -0.452. The van der Waals surface area contributed by atoms with Gasteiger partial charge in [-0.3, -0.25) is 9.48 Å². The zero-order valence-corrected chi connectivity index (χ0v) is 10.7. The largest absolute Gasteiger partial charge is 0.480 e. The maximum Gasteiger partial charge on any atom is 0.339 e. The molecule has 0 fully saturated rings. The molecule has 0 aromatic carbocycles. The molecule has 8 heteroatoms. The van der Waals surface area contributed by atoms with Crippen LogP contribution in [0.3, 0.4) is 0 Å². The lowest BCUT2D eigenvalue weighted by atomic mass is 10.0. The monoisotopic (exact) mass is 269 g/mol. The second kappa shape index (κ2) is 5.51. The van der Waals surface area contributed by atoms with Crippen LogP contribution in [0.4, 0.5) is 0 Å². The van der Waals surface area contributed by atoms with Crippen LogP contribution in [-0.4, -0.2) is 43.9 Å². The minimum atomic E-state index is -1.30. The van der Waals surface area contributed by atoms with Crippen LogP contribution >= 0.6 is 0 Å². The van der Waals surface area contributed by atoms with Crippen molar-refractivity contribution in [3.63, 3.8) is 0 Å². The number of carboxylic acid groups (broad SMARTS) is 2. The zero-order chi connectivity index (χ0) is 14.7. The average Bonchev–Trinajstić information content (AvgIpc) is 2.66. The number of aromatic nitrogens is 2. The van der Waals surface area contributed by atoms with Crippen LogP contribution in [0.2, 0.25) is 0 Å². The Hall–Kier alpha value is -2.38. The fourth-order valence-corrected chi connectivity index (χ4v) is 1.59. The third-order valence-corrected chi connectivity index (χ3v) is 2.60.